The van der Waals surface area contributed by atoms with Crippen LogP contribution in [0.5, 0.6) is 0 Å². The highest BCUT2D eigenvalue weighted by molar-refractivity contribution is 9.09. The van der Waals surface area contributed by atoms with Crippen molar-refractivity contribution < 1.29 is 9.53 Å². The summed E-state index contributed by atoms with van der Waals surface area (Å²) in [6.45, 7) is 0. The summed E-state index contributed by atoms with van der Waals surface area (Å²) in [5.74, 6) is 1.72. The molecule has 96 valence electrons. The van der Waals surface area contributed by atoms with Gasteiger partial charge in [-0.25, -0.2) is 4.79 Å². The van der Waals surface area contributed by atoms with Crippen LogP contribution in [0.15, 0.2) is 24.4 Å². The predicted octanol–water partition coefficient (Wildman–Crippen LogP) is 3.58. The summed E-state index contributed by atoms with van der Waals surface area (Å²) in [5, 5.41) is 2.09. The normalized spacial score (nSPS) is 10.8. The minimum Gasteiger partial charge on any atom is -0.465 e. The van der Waals surface area contributed by atoms with Gasteiger partial charge < -0.3 is 9.72 Å². The molecule has 0 saturated heterocycles. The molecule has 0 aliphatic heterocycles. The number of fused-ring (bicyclic) bond motifs is 1. The highest BCUT2D eigenvalue weighted by Gasteiger charge is 2.09. The SMILES string of the molecule is COC(=O)c1ccc2[nH]cc(CSCCBr)c2c1. The second-order valence-corrected chi connectivity index (χ2v) is 5.71. The summed E-state index contributed by atoms with van der Waals surface area (Å²) >= 11 is 5.28. The second-order valence-electron chi connectivity index (χ2n) is 3.81. The van der Waals surface area contributed by atoms with Gasteiger partial charge in [-0.05, 0) is 23.8 Å². The molecule has 0 aliphatic rings. The number of H-pyrrole nitrogens is 1. The highest BCUT2D eigenvalue weighted by Crippen LogP contribution is 2.24. The van der Waals surface area contributed by atoms with Gasteiger partial charge in [0.1, 0.15) is 0 Å². The molecule has 0 unspecified atom stereocenters. The third-order valence-corrected chi connectivity index (χ3v) is 4.60. The number of alkyl halides is 1. The topological polar surface area (TPSA) is 42.1 Å². The molecule has 1 heterocycles. The molecule has 0 fully saturated rings. The molecule has 0 amide bonds. The van der Waals surface area contributed by atoms with Gasteiger partial charge in [0.2, 0.25) is 0 Å². The number of methoxy groups -OCH3 is 1. The van der Waals surface area contributed by atoms with E-state index in [1.54, 1.807) is 6.07 Å². The van der Waals surface area contributed by atoms with Gasteiger partial charge in [0.25, 0.3) is 0 Å². The molecule has 2 aromatic rings. The van der Waals surface area contributed by atoms with E-state index in [1.807, 2.05) is 30.1 Å². The molecule has 0 bridgehead atoms. The van der Waals surface area contributed by atoms with Crippen molar-refractivity contribution in [3.8, 4) is 0 Å². The lowest BCUT2D eigenvalue weighted by Gasteiger charge is -2.01. The maximum Gasteiger partial charge on any atom is 0.337 e. The molecule has 1 aromatic carbocycles. The van der Waals surface area contributed by atoms with Crippen molar-refractivity contribution in [1.82, 2.24) is 4.98 Å². The summed E-state index contributed by atoms with van der Waals surface area (Å²) in [5.41, 5.74) is 2.87. The molecule has 0 atom stereocenters. The Bertz CT molecular complexity index is 553. The quantitative estimate of drug-likeness (QED) is 0.518. The van der Waals surface area contributed by atoms with Crippen LogP contribution in [0, 0.1) is 0 Å². The fourth-order valence-electron chi connectivity index (χ4n) is 1.78. The lowest BCUT2D eigenvalue weighted by molar-refractivity contribution is 0.0601. The van der Waals surface area contributed by atoms with Crippen molar-refractivity contribution in [1.29, 1.82) is 0 Å². The molecular formula is C13H14BrNO2S. The van der Waals surface area contributed by atoms with E-state index in [9.17, 15) is 4.79 Å². The minimum atomic E-state index is -0.294. The van der Waals surface area contributed by atoms with Crippen LogP contribution in [0.25, 0.3) is 10.9 Å². The Labute approximate surface area is 118 Å². The third kappa shape index (κ3) is 2.90. The number of aromatic nitrogens is 1. The zero-order valence-corrected chi connectivity index (χ0v) is 12.4. The maximum absolute atomic E-state index is 11.5. The minimum absolute atomic E-state index is 0.294. The smallest absolute Gasteiger partial charge is 0.337 e. The third-order valence-electron chi connectivity index (χ3n) is 2.67. The molecule has 1 aromatic heterocycles. The number of aromatic amines is 1. The number of carbonyl (C=O) groups excluding carboxylic acids is 1. The van der Waals surface area contributed by atoms with E-state index in [-0.39, 0.29) is 5.97 Å². The Morgan fingerprint density at radius 1 is 1.50 bits per heavy atom. The monoisotopic (exact) mass is 327 g/mol. The van der Waals surface area contributed by atoms with Crippen LogP contribution in [-0.4, -0.2) is 29.1 Å². The van der Waals surface area contributed by atoms with Gasteiger partial charge in [-0.1, -0.05) is 15.9 Å². The fraction of sp³-hybridized carbons (Fsp3) is 0.308. The van der Waals surface area contributed by atoms with E-state index in [1.165, 1.54) is 12.7 Å². The molecule has 0 radical (unpaired) electrons. The first-order valence-electron chi connectivity index (χ1n) is 5.58. The molecule has 5 heteroatoms. The van der Waals surface area contributed by atoms with E-state index in [0.717, 1.165) is 27.7 Å². The molecule has 0 saturated carbocycles. The number of hydrogen-bond donors (Lipinski definition) is 1. The average molecular weight is 328 g/mol. The van der Waals surface area contributed by atoms with Crippen LogP contribution in [0.1, 0.15) is 15.9 Å². The highest BCUT2D eigenvalue weighted by atomic mass is 79.9. The van der Waals surface area contributed by atoms with Crippen LogP contribution in [0.4, 0.5) is 0 Å². The molecule has 0 spiro atoms. The van der Waals surface area contributed by atoms with E-state index in [0.29, 0.717) is 5.56 Å². The maximum atomic E-state index is 11.5. The number of ether oxygens (including phenoxy) is 1. The van der Waals surface area contributed by atoms with Gasteiger partial charge >= 0.3 is 5.97 Å². The zero-order chi connectivity index (χ0) is 13.0. The Morgan fingerprint density at radius 3 is 3.06 bits per heavy atom. The molecule has 3 nitrogen and oxygen atoms in total. The Balaban J connectivity index is 2.28. The number of benzene rings is 1. The molecular weight excluding hydrogens is 314 g/mol. The standard InChI is InChI=1S/C13H14BrNO2S/c1-17-13(16)9-2-3-12-11(6-9)10(7-15-12)8-18-5-4-14/h2-3,6-7,15H,4-5,8H2,1H3. The number of hydrogen-bond acceptors (Lipinski definition) is 3. The first-order valence-corrected chi connectivity index (χ1v) is 7.86. The Kier molecular flexibility index (Phi) is 4.72. The van der Waals surface area contributed by atoms with Crippen molar-refractivity contribution >= 4 is 44.6 Å². The van der Waals surface area contributed by atoms with Crippen LogP contribution >= 0.6 is 27.7 Å². The van der Waals surface area contributed by atoms with Crippen molar-refractivity contribution in [3.05, 3.63) is 35.5 Å². The summed E-state index contributed by atoms with van der Waals surface area (Å²) < 4.78 is 4.74. The largest absolute Gasteiger partial charge is 0.465 e. The number of rotatable bonds is 5. The summed E-state index contributed by atoms with van der Waals surface area (Å²) in [6.07, 6.45) is 2.01. The molecule has 1 N–H and O–H groups in total. The summed E-state index contributed by atoms with van der Waals surface area (Å²) in [6, 6.07) is 5.59. The first-order chi connectivity index (χ1) is 8.76. The van der Waals surface area contributed by atoms with Crippen molar-refractivity contribution in [2.24, 2.45) is 0 Å². The van der Waals surface area contributed by atoms with Gasteiger partial charge in [-0.2, -0.15) is 11.8 Å². The van der Waals surface area contributed by atoms with Crippen LogP contribution in [-0.2, 0) is 10.5 Å². The van der Waals surface area contributed by atoms with Gasteiger partial charge in [0.05, 0.1) is 12.7 Å². The number of carbonyl (C=O) groups is 1. The van der Waals surface area contributed by atoms with E-state index >= 15 is 0 Å². The molecule has 2 rings (SSSR count). The molecule has 18 heavy (non-hydrogen) atoms. The lowest BCUT2D eigenvalue weighted by Crippen LogP contribution is -2.00. The number of thioether (sulfide) groups is 1. The van der Waals surface area contributed by atoms with Gasteiger partial charge in [-0.3, -0.25) is 0 Å². The van der Waals surface area contributed by atoms with E-state index < -0.39 is 0 Å². The Hall–Kier alpha value is -0.940. The van der Waals surface area contributed by atoms with Crippen LogP contribution in [0.3, 0.4) is 0 Å². The summed E-state index contributed by atoms with van der Waals surface area (Å²) in [7, 11) is 1.40. The van der Waals surface area contributed by atoms with Crippen LogP contribution < -0.4 is 0 Å². The number of nitrogens with one attached hydrogen (secondary N) is 1. The van der Waals surface area contributed by atoms with E-state index in [4.69, 9.17) is 4.74 Å². The predicted molar refractivity (Wildman–Crippen MR) is 79.6 cm³/mol. The van der Waals surface area contributed by atoms with Crippen LogP contribution in [0.2, 0.25) is 0 Å². The summed E-state index contributed by atoms with van der Waals surface area (Å²) in [4.78, 5) is 14.7. The zero-order valence-electron chi connectivity index (χ0n) is 10.0. The van der Waals surface area contributed by atoms with Gasteiger partial charge in [-0.15, -0.1) is 0 Å². The van der Waals surface area contributed by atoms with Crippen molar-refractivity contribution in [2.75, 3.05) is 18.2 Å². The van der Waals surface area contributed by atoms with E-state index in [2.05, 4.69) is 20.9 Å². The second kappa shape index (κ2) is 6.29. The number of halogens is 1. The first kappa shape index (κ1) is 13.5. The Morgan fingerprint density at radius 2 is 2.33 bits per heavy atom. The molecule has 0 aliphatic carbocycles. The van der Waals surface area contributed by atoms with Crippen molar-refractivity contribution in [3.63, 3.8) is 0 Å². The fourth-order valence-corrected chi connectivity index (χ4v) is 3.18. The van der Waals surface area contributed by atoms with Gasteiger partial charge in [0, 0.05) is 33.9 Å². The van der Waals surface area contributed by atoms with Gasteiger partial charge in [0.15, 0.2) is 0 Å². The number of esters is 1. The van der Waals surface area contributed by atoms with Crippen molar-refractivity contribution in [2.45, 2.75) is 5.75 Å². The lowest BCUT2D eigenvalue weighted by atomic mass is 10.1. The average Bonchev–Trinajstić information content (AvgIpc) is 2.81.